The fourth-order valence-electron chi connectivity index (χ4n) is 0.921. The van der Waals surface area contributed by atoms with E-state index in [1.165, 1.54) is 6.26 Å². The van der Waals surface area contributed by atoms with Gasteiger partial charge in [-0.3, -0.25) is 4.79 Å². The Morgan fingerprint density at radius 2 is 2.36 bits per heavy atom. The van der Waals surface area contributed by atoms with Crippen LogP contribution in [-0.2, 0) is 0 Å². The van der Waals surface area contributed by atoms with Crippen molar-refractivity contribution in [1.82, 2.24) is 0 Å². The summed E-state index contributed by atoms with van der Waals surface area (Å²) in [7, 11) is 0. The molecule has 2 rings (SSSR count). The molecule has 0 saturated carbocycles. The van der Waals surface area contributed by atoms with Crippen LogP contribution < -0.4 is 5.43 Å². The Balaban J connectivity index is 3.03. The van der Waals surface area contributed by atoms with Crippen LogP contribution in [0.5, 0.6) is 0 Å². The quantitative estimate of drug-likeness (QED) is 0.559. The summed E-state index contributed by atoms with van der Waals surface area (Å²) in [5.41, 5.74) is 0.426. The molecule has 1 heterocycles. The predicted octanol–water partition coefficient (Wildman–Crippen LogP) is 1.39. The number of hydrogen-bond donors (Lipinski definition) is 0. The number of rotatable bonds is 0. The molecule has 1 aromatic heterocycles. The Morgan fingerprint density at radius 3 is 3.18 bits per heavy atom. The Kier molecular flexibility index (Phi) is 1.25. The van der Waals surface area contributed by atoms with Crippen LogP contribution in [0.2, 0.25) is 0 Å². The first-order valence-electron chi connectivity index (χ1n) is 3.17. The van der Waals surface area contributed by atoms with Crippen LogP contribution in [-0.4, -0.2) is 0 Å². The van der Waals surface area contributed by atoms with E-state index in [-0.39, 0.29) is 5.43 Å². The third-order valence-corrected chi connectivity index (χ3v) is 1.44. The lowest BCUT2D eigenvalue weighted by Crippen LogP contribution is -1.97. The van der Waals surface area contributed by atoms with Crippen LogP contribution in [0, 0.1) is 12.1 Å². The van der Waals surface area contributed by atoms with Crippen molar-refractivity contribution >= 4 is 11.0 Å². The van der Waals surface area contributed by atoms with Crippen molar-refractivity contribution in [2.45, 2.75) is 0 Å². The molecule has 0 N–H and O–H groups in total. The van der Waals surface area contributed by atoms with Gasteiger partial charge in [-0.2, -0.15) is 0 Å². The molecule has 0 saturated heterocycles. The molecule has 0 amide bonds. The molecule has 0 bridgehead atoms. The van der Waals surface area contributed by atoms with Gasteiger partial charge in [-0.1, -0.05) is 6.07 Å². The van der Waals surface area contributed by atoms with Gasteiger partial charge in [-0.15, -0.1) is 0 Å². The minimum Gasteiger partial charge on any atom is -0.463 e. The summed E-state index contributed by atoms with van der Waals surface area (Å²) in [6.07, 6.45) is 1.27. The molecular weight excluding hydrogens is 140 g/mol. The lowest BCUT2D eigenvalue weighted by molar-refractivity contribution is 0.601. The van der Waals surface area contributed by atoms with Crippen molar-refractivity contribution in [3.8, 4) is 0 Å². The first-order chi connectivity index (χ1) is 5.38. The molecule has 2 nitrogen and oxygen atoms in total. The van der Waals surface area contributed by atoms with Gasteiger partial charge in [-0.25, -0.2) is 0 Å². The maximum Gasteiger partial charge on any atom is 0.200 e. The normalized spacial score (nSPS) is 10.2. The fraction of sp³-hybridized carbons (Fsp3) is 0. The molecule has 2 heteroatoms. The molecular formula is C9H4O2. The van der Waals surface area contributed by atoms with Gasteiger partial charge in [0.1, 0.15) is 11.8 Å². The standard InChI is InChI=1S/C9H4O2/c10-8-5-6-11-9-4-2-1-3-7(8)9/h2-4,6H. The molecule has 52 valence electrons. The lowest BCUT2D eigenvalue weighted by Gasteiger charge is -1.90. The second-order valence-electron chi connectivity index (χ2n) is 2.13. The van der Waals surface area contributed by atoms with Crippen LogP contribution >= 0.6 is 0 Å². The number of fused-ring (bicyclic) bond motifs is 1. The van der Waals surface area contributed by atoms with Gasteiger partial charge in [0.2, 0.25) is 5.43 Å². The fourth-order valence-corrected chi connectivity index (χ4v) is 0.921. The molecule has 0 atom stereocenters. The predicted molar refractivity (Wildman–Crippen MR) is 40.2 cm³/mol. The smallest absolute Gasteiger partial charge is 0.200 e. The molecule has 0 fully saturated rings. The molecule has 2 radical (unpaired) electrons. The maximum atomic E-state index is 11.0. The van der Waals surface area contributed by atoms with Crippen LogP contribution in [0.4, 0.5) is 0 Å². The zero-order valence-electron chi connectivity index (χ0n) is 5.63. The van der Waals surface area contributed by atoms with Gasteiger partial charge in [0, 0.05) is 0 Å². The Bertz CT molecular complexity index is 423. The largest absolute Gasteiger partial charge is 0.463 e. The summed E-state index contributed by atoms with van der Waals surface area (Å²) in [6, 6.07) is 10.2. The summed E-state index contributed by atoms with van der Waals surface area (Å²) >= 11 is 0. The van der Waals surface area contributed by atoms with Gasteiger partial charge in [-0.05, 0) is 18.2 Å². The van der Waals surface area contributed by atoms with Gasteiger partial charge >= 0.3 is 0 Å². The third kappa shape index (κ3) is 0.923. The zero-order valence-corrected chi connectivity index (χ0v) is 5.63. The van der Waals surface area contributed by atoms with E-state index in [2.05, 4.69) is 12.1 Å². The summed E-state index contributed by atoms with van der Waals surface area (Å²) in [4.78, 5) is 11.0. The molecule has 0 aliphatic rings. The highest BCUT2D eigenvalue weighted by Crippen LogP contribution is 2.06. The third-order valence-electron chi connectivity index (χ3n) is 1.44. The molecule has 0 aliphatic carbocycles. The topological polar surface area (TPSA) is 30.2 Å². The van der Waals surface area contributed by atoms with Crippen molar-refractivity contribution in [2.24, 2.45) is 0 Å². The highest BCUT2D eigenvalue weighted by molar-refractivity contribution is 5.75. The van der Waals surface area contributed by atoms with E-state index < -0.39 is 0 Å². The summed E-state index contributed by atoms with van der Waals surface area (Å²) < 4.78 is 5.02. The van der Waals surface area contributed by atoms with Crippen molar-refractivity contribution in [2.75, 3.05) is 0 Å². The average molecular weight is 144 g/mol. The van der Waals surface area contributed by atoms with Crippen molar-refractivity contribution in [3.63, 3.8) is 0 Å². The molecule has 1 aromatic carbocycles. The second kappa shape index (κ2) is 2.23. The van der Waals surface area contributed by atoms with Gasteiger partial charge in [0.05, 0.1) is 11.5 Å². The van der Waals surface area contributed by atoms with E-state index in [0.717, 1.165) is 0 Å². The van der Waals surface area contributed by atoms with E-state index >= 15 is 0 Å². The first-order valence-corrected chi connectivity index (χ1v) is 3.17. The van der Waals surface area contributed by atoms with Gasteiger partial charge < -0.3 is 4.42 Å². The Morgan fingerprint density at radius 1 is 1.45 bits per heavy atom. The van der Waals surface area contributed by atoms with Gasteiger partial charge in [0.15, 0.2) is 0 Å². The van der Waals surface area contributed by atoms with Crippen LogP contribution in [0.1, 0.15) is 0 Å². The molecule has 0 aliphatic heterocycles. The minimum atomic E-state index is -0.150. The average Bonchev–Trinajstić information content (AvgIpc) is 2.06. The summed E-state index contributed by atoms with van der Waals surface area (Å²) in [5, 5.41) is 0.523. The highest BCUT2D eigenvalue weighted by atomic mass is 16.3. The summed E-state index contributed by atoms with van der Waals surface area (Å²) in [6.45, 7) is 0. The number of hydrogen-bond acceptors (Lipinski definition) is 2. The van der Waals surface area contributed by atoms with E-state index in [1.807, 2.05) is 0 Å². The molecule has 0 spiro atoms. The van der Waals surface area contributed by atoms with E-state index in [9.17, 15) is 4.79 Å². The van der Waals surface area contributed by atoms with Gasteiger partial charge in [0.25, 0.3) is 0 Å². The van der Waals surface area contributed by atoms with E-state index in [1.54, 1.807) is 18.2 Å². The van der Waals surface area contributed by atoms with E-state index in [0.29, 0.717) is 11.0 Å². The Hall–Kier alpha value is -1.57. The minimum absolute atomic E-state index is 0.150. The number of benzene rings is 1. The summed E-state index contributed by atoms with van der Waals surface area (Å²) in [5.74, 6) is 0. The zero-order chi connectivity index (χ0) is 7.68. The van der Waals surface area contributed by atoms with Crippen molar-refractivity contribution in [1.29, 1.82) is 0 Å². The SMILES string of the molecule is O=c1[c]coc2cc[c]cc12. The van der Waals surface area contributed by atoms with Crippen LogP contribution in [0.25, 0.3) is 11.0 Å². The van der Waals surface area contributed by atoms with Crippen LogP contribution in [0.15, 0.2) is 33.7 Å². The van der Waals surface area contributed by atoms with Crippen molar-refractivity contribution < 1.29 is 4.42 Å². The molecule has 2 aromatic rings. The van der Waals surface area contributed by atoms with Crippen LogP contribution in [0.3, 0.4) is 0 Å². The Labute approximate surface area is 63.1 Å². The highest BCUT2D eigenvalue weighted by Gasteiger charge is 1.95. The molecule has 11 heavy (non-hydrogen) atoms. The first kappa shape index (κ1) is 6.16. The monoisotopic (exact) mass is 144 g/mol. The molecule has 0 unspecified atom stereocenters. The maximum absolute atomic E-state index is 11.0. The van der Waals surface area contributed by atoms with Crippen molar-refractivity contribution in [3.05, 3.63) is 46.8 Å². The van der Waals surface area contributed by atoms with E-state index in [4.69, 9.17) is 4.42 Å². The lowest BCUT2D eigenvalue weighted by atomic mass is 10.2. The second-order valence-corrected chi connectivity index (χ2v) is 2.13.